The van der Waals surface area contributed by atoms with Crippen LogP contribution in [0.25, 0.3) is 16.7 Å². The van der Waals surface area contributed by atoms with E-state index in [1.807, 2.05) is 52.9 Å². The number of amides is 1. The molecule has 0 unspecified atom stereocenters. The largest absolute Gasteiger partial charge is 0.352 e. The van der Waals surface area contributed by atoms with Crippen molar-refractivity contribution in [2.45, 2.75) is 32.4 Å². The molecule has 3 aromatic carbocycles. The summed E-state index contributed by atoms with van der Waals surface area (Å²) in [5.41, 5.74) is 2.56. The molecule has 5 aromatic rings. The maximum absolute atomic E-state index is 13.3. The van der Waals surface area contributed by atoms with Gasteiger partial charge in [-0.2, -0.15) is 0 Å². The molecule has 0 aliphatic heterocycles. The minimum Gasteiger partial charge on any atom is -0.352 e. The molecule has 1 amide bonds. The number of para-hydroxylation sites is 1. The lowest BCUT2D eigenvalue weighted by Crippen LogP contribution is -2.25. The summed E-state index contributed by atoms with van der Waals surface area (Å²) in [6, 6.07) is 23.4. The van der Waals surface area contributed by atoms with Gasteiger partial charge in [0.1, 0.15) is 11.6 Å². The number of nitrogens with zero attached hydrogens (tertiary/aromatic N) is 4. The minimum absolute atomic E-state index is 0.111. The summed E-state index contributed by atoms with van der Waals surface area (Å²) < 4.78 is 16.6. The molecule has 0 bridgehead atoms. The fourth-order valence-corrected chi connectivity index (χ4v) is 4.18. The van der Waals surface area contributed by atoms with E-state index in [0.29, 0.717) is 42.9 Å². The van der Waals surface area contributed by atoms with E-state index in [-0.39, 0.29) is 23.7 Å². The second-order valence-electron chi connectivity index (χ2n) is 8.36. The highest BCUT2D eigenvalue weighted by atomic mass is 19.1. The van der Waals surface area contributed by atoms with Crippen molar-refractivity contribution in [3.05, 3.63) is 112 Å². The molecule has 0 atom stereocenters. The van der Waals surface area contributed by atoms with Crippen molar-refractivity contribution < 1.29 is 9.18 Å². The van der Waals surface area contributed by atoms with Gasteiger partial charge in [-0.05, 0) is 41.8 Å². The third-order valence-electron chi connectivity index (χ3n) is 6.02. The smallest absolute Gasteiger partial charge is 0.262 e. The van der Waals surface area contributed by atoms with Crippen LogP contribution in [0.5, 0.6) is 0 Å². The Balaban J connectivity index is 1.39. The van der Waals surface area contributed by atoms with E-state index in [0.717, 1.165) is 16.6 Å². The molecule has 1 N–H and O–H groups in total. The zero-order chi connectivity index (χ0) is 24.2. The van der Waals surface area contributed by atoms with Crippen LogP contribution >= 0.6 is 0 Å². The first-order valence-corrected chi connectivity index (χ1v) is 11.5. The Morgan fingerprint density at radius 3 is 2.40 bits per heavy atom. The lowest BCUT2D eigenvalue weighted by molar-refractivity contribution is -0.121. The van der Waals surface area contributed by atoms with Gasteiger partial charge in [0.15, 0.2) is 0 Å². The average Bonchev–Trinajstić information content (AvgIpc) is 3.31. The van der Waals surface area contributed by atoms with Gasteiger partial charge in [-0.25, -0.2) is 4.39 Å². The van der Waals surface area contributed by atoms with Gasteiger partial charge >= 0.3 is 0 Å². The summed E-state index contributed by atoms with van der Waals surface area (Å²) in [5, 5.41) is 12.1. The first-order chi connectivity index (χ1) is 17.1. The zero-order valence-corrected chi connectivity index (χ0v) is 19.0. The van der Waals surface area contributed by atoms with Gasteiger partial charge in [0, 0.05) is 25.9 Å². The predicted molar refractivity (Wildman–Crippen MR) is 131 cm³/mol. The quantitative estimate of drug-likeness (QED) is 0.376. The van der Waals surface area contributed by atoms with Crippen molar-refractivity contribution in [3.8, 4) is 0 Å². The molecule has 0 aliphatic carbocycles. The normalized spacial score (nSPS) is 11.2. The lowest BCUT2D eigenvalue weighted by Gasteiger charge is -2.11. The zero-order valence-electron chi connectivity index (χ0n) is 19.0. The number of carbonyl (C=O) groups is 1. The Morgan fingerprint density at radius 2 is 1.60 bits per heavy atom. The minimum atomic E-state index is -0.312. The Kier molecular flexibility index (Phi) is 6.34. The van der Waals surface area contributed by atoms with E-state index in [1.165, 1.54) is 12.1 Å². The van der Waals surface area contributed by atoms with Gasteiger partial charge in [-0.3, -0.25) is 18.6 Å². The summed E-state index contributed by atoms with van der Waals surface area (Å²) in [6.45, 7) is 0.787. The van der Waals surface area contributed by atoms with Crippen molar-refractivity contribution in [3.63, 3.8) is 0 Å². The Bertz CT molecular complexity index is 1540. The van der Waals surface area contributed by atoms with Crippen LogP contribution in [0.1, 0.15) is 23.4 Å². The number of rotatable bonds is 8. The van der Waals surface area contributed by atoms with Crippen molar-refractivity contribution in [1.82, 2.24) is 24.5 Å². The third-order valence-corrected chi connectivity index (χ3v) is 6.02. The highest BCUT2D eigenvalue weighted by molar-refractivity contribution is 5.80. The highest BCUT2D eigenvalue weighted by Gasteiger charge is 2.17. The maximum Gasteiger partial charge on any atom is 0.262 e. The van der Waals surface area contributed by atoms with E-state index in [9.17, 15) is 14.0 Å². The molecule has 176 valence electrons. The number of aromatic nitrogens is 4. The summed E-state index contributed by atoms with van der Waals surface area (Å²) in [4.78, 5) is 25.7. The lowest BCUT2D eigenvalue weighted by atomic mass is 10.1. The first-order valence-electron chi connectivity index (χ1n) is 11.5. The number of carbonyl (C=O) groups excluding carboxylic acids is 1. The molecule has 8 heteroatoms. The van der Waals surface area contributed by atoms with Crippen molar-refractivity contribution in [1.29, 1.82) is 0 Å². The summed E-state index contributed by atoms with van der Waals surface area (Å²) in [5.74, 6) is 0.619. The monoisotopic (exact) mass is 469 g/mol. The number of fused-ring (bicyclic) bond motifs is 3. The second kappa shape index (κ2) is 9.89. The Hall–Kier alpha value is -4.33. The standard InChI is InChI=1S/C27H24FN5O2/c28-21-12-10-20(11-13-21)18-29-25(34)15-14-24-30-31-27-32(17-16-19-6-2-1-3-7-19)26(35)22-8-4-5-9-23(22)33(24)27/h1-13H,14-18H2,(H,29,34). The van der Waals surface area contributed by atoms with Crippen LogP contribution < -0.4 is 10.9 Å². The van der Waals surface area contributed by atoms with E-state index < -0.39 is 0 Å². The average molecular weight is 470 g/mol. The van der Waals surface area contributed by atoms with Crippen molar-refractivity contribution in [2.75, 3.05) is 0 Å². The number of nitrogens with one attached hydrogen (secondary N) is 1. The van der Waals surface area contributed by atoms with Gasteiger partial charge in [-0.15, -0.1) is 10.2 Å². The van der Waals surface area contributed by atoms with E-state index >= 15 is 0 Å². The summed E-state index contributed by atoms with van der Waals surface area (Å²) >= 11 is 0. The van der Waals surface area contributed by atoms with Gasteiger partial charge in [0.25, 0.3) is 5.56 Å². The van der Waals surface area contributed by atoms with Crippen LogP contribution in [0.3, 0.4) is 0 Å². The molecule has 0 saturated heterocycles. The molecular weight excluding hydrogens is 445 g/mol. The number of hydrogen-bond acceptors (Lipinski definition) is 4. The van der Waals surface area contributed by atoms with Crippen molar-refractivity contribution in [2.24, 2.45) is 0 Å². The molecule has 0 radical (unpaired) electrons. The van der Waals surface area contributed by atoms with Gasteiger partial charge in [0.2, 0.25) is 11.7 Å². The SMILES string of the molecule is O=C(CCc1nnc2n(CCc3ccccc3)c(=O)c3ccccc3n12)NCc1ccc(F)cc1. The van der Waals surface area contributed by atoms with Crippen LogP contribution in [-0.2, 0) is 30.7 Å². The van der Waals surface area contributed by atoms with Gasteiger partial charge < -0.3 is 5.32 Å². The fourth-order valence-electron chi connectivity index (χ4n) is 4.18. The molecule has 0 spiro atoms. The number of halogens is 1. The Morgan fingerprint density at radius 1 is 0.857 bits per heavy atom. The molecule has 2 heterocycles. The van der Waals surface area contributed by atoms with E-state index in [2.05, 4.69) is 15.5 Å². The van der Waals surface area contributed by atoms with E-state index in [1.54, 1.807) is 22.8 Å². The first kappa shape index (κ1) is 22.5. The molecule has 2 aromatic heterocycles. The number of hydrogen-bond donors (Lipinski definition) is 1. The summed E-state index contributed by atoms with van der Waals surface area (Å²) in [6.07, 6.45) is 1.25. The second-order valence-corrected chi connectivity index (χ2v) is 8.36. The molecule has 0 fully saturated rings. The van der Waals surface area contributed by atoms with Gasteiger partial charge in [0.05, 0.1) is 10.9 Å². The van der Waals surface area contributed by atoms with Crippen LogP contribution in [0, 0.1) is 5.82 Å². The molecule has 35 heavy (non-hydrogen) atoms. The Labute approximate surface area is 200 Å². The van der Waals surface area contributed by atoms with E-state index in [4.69, 9.17) is 0 Å². The van der Waals surface area contributed by atoms with Crippen LogP contribution in [0.2, 0.25) is 0 Å². The van der Waals surface area contributed by atoms with Crippen LogP contribution in [0.4, 0.5) is 4.39 Å². The van der Waals surface area contributed by atoms with Crippen LogP contribution in [0.15, 0.2) is 83.7 Å². The number of benzene rings is 3. The topological polar surface area (TPSA) is 81.3 Å². The highest BCUT2D eigenvalue weighted by Crippen LogP contribution is 2.16. The molecule has 0 aliphatic rings. The molecule has 7 nitrogen and oxygen atoms in total. The third kappa shape index (κ3) is 4.82. The maximum atomic E-state index is 13.3. The van der Waals surface area contributed by atoms with Crippen molar-refractivity contribution >= 4 is 22.6 Å². The number of aryl methyl sites for hydroxylation is 3. The predicted octanol–water partition coefficient (Wildman–Crippen LogP) is 3.68. The fraction of sp³-hybridized carbons (Fsp3) is 0.185. The summed E-state index contributed by atoms with van der Waals surface area (Å²) in [7, 11) is 0. The molecular formula is C27H24FN5O2. The van der Waals surface area contributed by atoms with Gasteiger partial charge in [-0.1, -0.05) is 54.6 Å². The molecule has 5 rings (SSSR count). The molecule has 0 saturated carbocycles. The van der Waals surface area contributed by atoms with Crippen LogP contribution in [-0.4, -0.2) is 25.1 Å².